The van der Waals surface area contributed by atoms with Gasteiger partial charge in [-0.05, 0) is 13.0 Å². The van der Waals surface area contributed by atoms with Crippen molar-refractivity contribution in [3.63, 3.8) is 0 Å². The van der Waals surface area contributed by atoms with E-state index >= 15 is 0 Å². The van der Waals surface area contributed by atoms with Crippen LogP contribution in [0.3, 0.4) is 0 Å². The van der Waals surface area contributed by atoms with Gasteiger partial charge in [0.1, 0.15) is 0 Å². The van der Waals surface area contributed by atoms with Crippen LogP contribution in [0.5, 0.6) is 0 Å². The van der Waals surface area contributed by atoms with E-state index in [1.54, 1.807) is 0 Å². The highest BCUT2D eigenvalue weighted by Crippen LogP contribution is 2.11. The number of likely N-dealkylation sites (tertiary alicyclic amines) is 1. The number of aliphatic hydroxyl groups is 1. The largest absolute Gasteiger partial charge is 0.390 e. The number of hydrogen-bond donors (Lipinski definition) is 1. The highest BCUT2D eigenvalue weighted by Gasteiger charge is 2.22. The van der Waals surface area contributed by atoms with Crippen LogP contribution in [0.2, 0.25) is 0 Å². The first-order valence-corrected chi connectivity index (χ1v) is 6.73. The first-order valence-electron chi connectivity index (χ1n) is 6.73. The van der Waals surface area contributed by atoms with Gasteiger partial charge in [0.2, 0.25) is 0 Å². The summed E-state index contributed by atoms with van der Waals surface area (Å²) in [6.07, 6.45) is 11.1. The van der Waals surface area contributed by atoms with Gasteiger partial charge >= 0.3 is 0 Å². The number of rotatable bonds is 9. The van der Waals surface area contributed by atoms with Gasteiger partial charge in [-0.3, -0.25) is 4.90 Å². The van der Waals surface area contributed by atoms with Crippen LogP contribution in [0.15, 0.2) is 0 Å². The van der Waals surface area contributed by atoms with Crippen LogP contribution in [0.25, 0.3) is 0 Å². The highest BCUT2D eigenvalue weighted by atomic mass is 16.3. The van der Waals surface area contributed by atoms with Crippen molar-refractivity contribution in [2.75, 3.05) is 19.6 Å². The smallest absolute Gasteiger partial charge is 0.0793 e. The lowest BCUT2D eigenvalue weighted by molar-refractivity contribution is 0.00147. The van der Waals surface area contributed by atoms with Crippen molar-refractivity contribution < 1.29 is 5.11 Å². The zero-order chi connectivity index (χ0) is 10.9. The molecule has 0 atom stereocenters. The fourth-order valence-electron chi connectivity index (χ4n) is 2.19. The van der Waals surface area contributed by atoms with Gasteiger partial charge in [-0.1, -0.05) is 51.9 Å². The molecule has 0 amide bonds. The van der Waals surface area contributed by atoms with Gasteiger partial charge in [0.05, 0.1) is 6.10 Å². The van der Waals surface area contributed by atoms with Gasteiger partial charge in [0, 0.05) is 13.1 Å². The molecule has 0 aromatic heterocycles. The summed E-state index contributed by atoms with van der Waals surface area (Å²) in [4.78, 5) is 2.35. The van der Waals surface area contributed by atoms with Crippen molar-refractivity contribution in [3.05, 3.63) is 0 Å². The van der Waals surface area contributed by atoms with Gasteiger partial charge in [0.15, 0.2) is 0 Å². The lowest BCUT2D eigenvalue weighted by Crippen LogP contribution is -2.50. The lowest BCUT2D eigenvalue weighted by atomic mass is 10.1. The van der Waals surface area contributed by atoms with E-state index in [0.29, 0.717) is 0 Å². The molecule has 2 heteroatoms. The van der Waals surface area contributed by atoms with Crippen LogP contribution in [-0.2, 0) is 0 Å². The fraction of sp³-hybridized carbons (Fsp3) is 1.00. The highest BCUT2D eigenvalue weighted by molar-refractivity contribution is 4.77. The third-order valence-electron chi connectivity index (χ3n) is 3.27. The molecule has 0 unspecified atom stereocenters. The Kier molecular flexibility index (Phi) is 7.03. The lowest BCUT2D eigenvalue weighted by Gasteiger charge is -2.35. The van der Waals surface area contributed by atoms with Gasteiger partial charge in [-0.25, -0.2) is 0 Å². The molecule has 0 aliphatic carbocycles. The molecule has 0 aromatic carbocycles. The van der Waals surface area contributed by atoms with Crippen LogP contribution in [0.1, 0.15) is 58.3 Å². The summed E-state index contributed by atoms with van der Waals surface area (Å²) in [7, 11) is 0. The Morgan fingerprint density at radius 1 is 0.933 bits per heavy atom. The van der Waals surface area contributed by atoms with Crippen molar-refractivity contribution in [1.29, 1.82) is 0 Å². The summed E-state index contributed by atoms with van der Waals surface area (Å²) in [5.41, 5.74) is 0. The van der Waals surface area contributed by atoms with E-state index in [1.165, 1.54) is 57.9 Å². The molecular formula is C13H27NO. The Balaban J connectivity index is 1.70. The van der Waals surface area contributed by atoms with E-state index in [1.807, 2.05) is 0 Å². The van der Waals surface area contributed by atoms with Crippen molar-refractivity contribution >= 4 is 0 Å². The average Bonchev–Trinajstić information content (AvgIpc) is 2.19. The summed E-state index contributed by atoms with van der Waals surface area (Å²) >= 11 is 0. The van der Waals surface area contributed by atoms with E-state index in [-0.39, 0.29) is 6.10 Å². The molecule has 1 rings (SSSR count). The van der Waals surface area contributed by atoms with Crippen molar-refractivity contribution in [2.24, 2.45) is 0 Å². The first kappa shape index (κ1) is 13.0. The predicted octanol–water partition coefficient (Wildman–Crippen LogP) is 2.80. The van der Waals surface area contributed by atoms with Crippen LogP contribution in [-0.4, -0.2) is 35.7 Å². The maximum atomic E-state index is 9.10. The van der Waals surface area contributed by atoms with Crippen LogP contribution in [0, 0.1) is 0 Å². The summed E-state index contributed by atoms with van der Waals surface area (Å²) in [5, 5.41) is 9.10. The Bertz CT molecular complexity index is 143. The molecule has 2 nitrogen and oxygen atoms in total. The molecule has 1 heterocycles. The second kappa shape index (κ2) is 8.12. The molecule has 1 saturated heterocycles. The van der Waals surface area contributed by atoms with Gasteiger partial charge in [-0.15, -0.1) is 0 Å². The Morgan fingerprint density at radius 3 is 2.00 bits per heavy atom. The molecule has 0 radical (unpaired) electrons. The number of nitrogens with zero attached hydrogens (tertiary/aromatic N) is 1. The van der Waals surface area contributed by atoms with Crippen LogP contribution < -0.4 is 0 Å². The van der Waals surface area contributed by atoms with Crippen molar-refractivity contribution in [2.45, 2.75) is 64.4 Å². The minimum absolute atomic E-state index is 0.0287. The molecule has 0 bridgehead atoms. The maximum absolute atomic E-state index is 9.10. The molecule has 1 aliphatic heterocycles. The van der Waals surface area contributed by atoms with E-state index in [2.05, 4.69) is 11.8 Å². The first-order chi connectivity index (χ1) is 7.33. The Morgan fingerprint density at radius 2 is 1.47 bits per heavy atom. The van der Waals surface area contributed by atoms with Crippen LogP contribution in [0.4, 0.5) is 0 Å². The molecular weight excluding hydrogens is 186 g/mol. The molecule has 15 heavy (non-hydrogen) atoms. The zero-order valence-electron chi connectivity index (χ0n) is 10.2. The molecule has 1 fully saturated rings. The van der Waals surface area contributed by atoms with Crippen LogP contribution >= 0.6 is 0 Å². The summed E-state index contributed by atoms with van der Waals surface area (Å²) in [5.74, 6) is 0. The van der Waals surface area contributed by atoms with E-state index in [4.69, 9.17) is 5.11 Å². The van der Waals surface area contributed by atoms with E-state index in [0.717, 1.165) is 13.1 Å². The normalized spacial score (nSPS) is 18.0. The number of aliphatic hydroxyl groups excluding tert-OH is 1. The fourth-order valence-corrected chi connectivity index (χ4v) is 2.19. The average molecular weight is 213 g/mol. The minimum Gasteiger partial charge on any atom is -0.390 e. The molecule has 0 saturated carbocycles. The quantitative estimate of drug-likeness (QED) is 0.595. The second-order valence-corrected chi connectivity index (χ2v) is 4.89. The Hall–Kier alpha value is -0.0800. The van der Waals surface area contributed by atoms with Gasteiger partial charge < -0.3 is 5.11 Å². The standard InChI is InChI=1S/C13H27NO/c1-2-3-4-5-6-7-8-9-10-14-11-13(15)12-14/h13,15H,2-12H2,1H3. The number of hydrogen-bond acceptors (Lipinski definition) is 2. The third-order valence-corrected chi connectivity index (χ3v) is 3.27. The SMILES string of the molecule is CCCCCCCCCCN1CC(O)C1. The van der Waals surface area contributed by atoms with E-state index < -0.39 is 0 Å². The topological polar surface area (TPSA) is 23.5 Å². The molecule has 0 spiro atoms. The summed E-state index contributed by atoms with van der Waals surface area (Å²) in [6, 6.07) is 0. The second-order valence-electron chi connectivity index (χ2n) is 4.89. The summed E-state index contributed by atoms with van der Waals surface area (Å²) < 4.78 is 0. The summed E-state index contributed by atoms with van der Waals surface area (Å²) in [6.45, 7) is 5.29. The molecule has 1 N–H and O–H groups in total. The van der Waals surface area contributed by atoms with Crippen molar-refractivity contribution in [3.8, 4) is 0 Å². The molecule has 90 valence electrons. The molecule has 0 aromatic rings. The minimum atomic E-state index is -0.0287. The van der Waals surface area contributed by atoms with Gasteiger partial charge in [0.25, 0.3) is 0 Å². The predicted molar refractivity (Wildman–Crippen MR) is 65.1 cm³/mol. The number of unbranched alkanes of at least 4 members (excludes halogenated alkanes) is 7. The van der Waals surface area contributed by atoms with Crippen molar-refractivity contribution in [1.82, 2.24) is 4.90 Å². The third kappa shape index (κ3) is 6.16. The van der Waals surface area contributed by atoms with E-state index in [9.17, 15) is 0 Å². The maximum Gasteiger partial charge on any atom is 0.0793 e. The Labute approximate surface area is 94.7 Å². The molecule has 1 aliphatic rings. The zero-order valence-corrected chi connectivity index (χ0v) is 10.2. The van der Waals surface area contributed by atoms with Gasteiger partial charge in [-0.2, -0.15) is 0 Å². The number of β-amino-alcohol motifs (C(OH)–C–C–N with tert-alkyl or cyclic N) is 1. The monoisotopic (exact) mass is 213 g/mol.